The highest BCUT2D eigenvalue weighted by Crippen LogP contribution is 2.65. The molecule has 1 unspecified atom stereocenters. The monoisotopic (exact) mass is 335 g/mol. The molecule has 5 heteroatoms. The number of benzene rings is 2. The first kappa shape index (κ1) is 15.6. The zero-order valence-corrected chi connectivity index (χ0v) is 14.0. The molecule has 2 amide bonds. The zero-order valence-electron chi connectivity index (χ0n) is 14.0. The van der Waals surface area contributed by atoms with E-state index in [9.17, 15) is 14.4 Å². The van der Waals surface area contributed by atoms with Crippen LogP contribution in [0.3, 0.4) is 0 Å². The van der Waals surface area contributed by atoms with Crippen LogP contribution in [0.25, 0.3) is 0 Å². The number of carbonyl (C=O) groups is 3. The molecule has 5 nitrogen and oxygen atoms in total. The van der Waals surface area contributed by atoms with Crippen LogP contribution in [0.2, 0.25) is 0 Å². The highest BCUT2D eigenvalue weighted by molar-refractivity contribution is 6.21. The molecule has 1 saturated carbocycles. The van der Waals surface area contributed by atoms with Gasteiger partial charge in [-0.3, -0.25) is 9.59 Å². The number of rotatable bonds is 3. The molecular weight excluding hydrogens is 318 g/mol. The summed E-state index contributed by atoms with van der Waals surface area (Å²) in [6, 6.07) is 15.8. The van der Waals surface area contributed by atoms with E-state index >= 15 is 0 Å². The van der Waals surface area contributed by atoms with Gasteiger partial charge in [0.2, 0.25) is 0 Å². The number of fused-ring (bicyclic) bond motifs is 1. The number of hydroxylamine groups is 2. The van der Waals surface area contributed by atoms with Gasteiger partial charge in [0.25, 0.3) is 11.8 Å². The molecule has 2 aromatic rings. The van der Waals surface area contributed by atoms with Gasteiger partial charge in [0, 0.05) is 0 Å². The summed E-state index contributed by atoms with van der Waals surface area (Å²) < 4.78 is 0. The fourth-order valence-electron chi connectivity index (χ4n) is 3.71. The third-order valence-corrected chi connectivity index (χ3v) is 5.28. The van der Waals surface area contributed by atoms with Gasteiger partial charge in [-0.05, 0) is 29.5 Å². The average Bonchev–Trinajstić information content (AvgIpc) is 3.14. The molecule has 126 valence electrons. The Morgan fingerprint density at radius 2 is 1.40 bits per heavy atom. The molecule has 4 rings (SSSR count). The Labute approximate surface area is 145 Å². The molecule has 1 heterocycles. The maximum Gasteiger partial charge on any atom is 0.344 e. The van der Waals surface area contributed by atoms with Gasteiger partial charge in [-0.15, -0.1) is 0 Å². The Morgan fingerprint density at radius 3 is 1.88 bits per heavy atom. The molecule has 0 saturated heterocycles. The van der Waals surface area contributed by atoms with Crippen molar-refractivity contribution < 1.29 is 19.2 Å². The summed E-state index contributed by atoms with van der Waals surface area (Å²) in [6.07, 6.45) is 0.603. The van der Waals surface area contributed by atoms with Gasteiger partial charge in [0.1, 0.15) is 5.41 Å². The van der Waals surface area contributed by atoms with E-state index in [0.29, 0.717) is 11.5 Å². The van der Waals surface area contributed by atoms with Gasteiger partial charge < -0.3 is 4.84 Å². The topological polar surface area (TPSA) is 63.7 Å². The van der Waals surface area contributed by atoms with E-state index in [0.717, 1.165) is 5.56 Å². The largest absolute Gasteiger partial charge is 0.344 e. The molecule has 1 atom stereocenters. The first-order chi connectivity index (χ1) is 11.9. The molecule has 0 N–H and O–H groups in total. The van der Waals surface area contributed by atoms with Gasteiger partial charge in [-0.1, -0.05) is 61.4 Å². The second kappa shape index (κ2) is 5.02. The summed E-state index contributed by atoms with van der Waals surface area (Å²) in [7, 11) is 0. The van der Waals surface area contributed by atoms with Crippen molar-refractivity contribution in [2.75, 3.05) is 0 Å². The Bertz CT molecular complexity index is 868. The first-order valence-electron chi connectivity index (χ1n) is 8.14. The van der Waals surface area contributed by atoms with Crippen LogP contribution in [0.15, 0.2) is 54.6 Å². The van der Waals surface area contributed by atoms with Crippen molar-refractivity contribution in [3.8, 4) is 0 Å². The van der Waals surface area contributed by atoms with Crippen LogP contribution in [0.4, 0.5) is 0 Å². The van der Waals surface area contributed by atoms with E-state index in [1.165, 1.54) is 0 Å². The Kier molecular flexibility index (Phi) is 3.13. The van der Waals surface area contributed by atoms with Crippen molar-refractivity contribution >= 4 is 17.8 Å². The lowest BCUT2D eigenvalue weighted by atomic mass is 9.88. The predicted molar refractivity (Wildman–Crippen MR) is 89.6 cm³/mol. The standard InChI is InChI=1S/C20H17NO4/c1-19(2)12-20(19,13-8-4-3-5-9-13)18(24)25-21-16(22)14-10-6-7-11-15(14)17(21)23/h3-11H,12H2,1-2H3. The lowest BCUT2D eigenvalue weighted by molar-refractivity contribution is -0.173. The minimum Gasteiger partial charge on any atom is -0.329 e. The lowest BCUT2D eigenvalue weighted by Crippen LogP contribution is -2.38. The quantitative estimate of drug-likeness (QED) is 0.809. The van der Waals surface area contributed by atoms with E-state index in [1.54, 1.807) is 24.3 Å². The lowest BCUT2D eigenvalue weighted by Gasteiger charge is -2.22. The summed E-state index contributed by atoms with van der Waals surface area (Å²) in [5.74, 6) is -1.77. The Hall–Kier alpha value is -2.95. The zero-order chi connectivity index (χ0) is 17.8. The molecule has 25 heavy (non-hydrogen) atoms. The van der Waals surface area contributed by atoms with Crippen LogP contribution >= 0.6 is 0 Å². The van der Waals surface area contributed by atoms with Crippen molar-refractivity contribution in [3.05, 3.63) is 71.3 Å². The summed E-state index contributed by atoms with van der Waals surface area (Å²) in [4.78, 5) is 43.1. The predicted octanol–water partition coefficient (Wildman–Crippen LogP) is 3.11. The molecular formula is C20H17NO4. The molecule has 1 fully saturated rings. The molecule has 2 aromatic carbocycles. The third-order valence-electron chi connectivity index (χ3n) is 5.28. The number of carbonyl (C=O) groups excluding carboxylic acids is 3. The maximum atomic E-state index is 13.0. The van der Waals surface area contributed by atoms with Gasteiger partial charge in [-0.2, -0.15) is 0 Å². The minimum absolute atomic E-state index is 0.254. The smallest absolute Gasteiger partial charge is 0.329 e. The van der Waals surface area contributed by atoms with Crippen molar-refractivity contribution in [1.29, 1.82) is 0 Å². The van der Waals surface area contributed by atoms with Gasteiger partial charge in [-0.25, -0.2) is 4.79 Å². The summed E-state index contributed by atoms with van der Waals surface area (Å²) in [6.45, 7) is 3.95. The molecule has 1 aliphatic heterocycles. The van der Waals surface area contributed by atoms with Crippen LogP contribution in [0.5, 0.6) is 0 Å². The van der Waals surface area contributed by atoms with Crippen molar-refractivity contribution in [3.63, 3.8) is 0 Å². The van der Waals surface area contributed by atoms with E-state index in [1.807, 2.05) is 44.2 Å². The van der Waals surface area contributed by atoms with Gasteiger partial charge in [0.05, 0.1) is 11.1 Å². The number of nitrogens with zero attached hydrogens (tertiary/aromatic N) is 1. The van der Waals surface area contributed by atoms with Gasteiger partial charge in [0.15, 0.2) is 0 Å². The second-order valence-corrected chi connectivity index (χ2v) is 7.16. The summed E-state index contributed by atoms with van der Waals surface area (Å²) >= 11 is 0. The summed E-state index contributed by atoms with van der Waals surface area (Å²) in [5.41, 5.74) is 0.197. The minimum atomic E-state index is -0.844. The molecule has 1 aliphatic carbocycles. The molecule has 0 aromatic heterocycles. The molecule has 0 bridgehead atoms. The fourth-order valence-corrected chi connectivity index (χ4v) is 3.71. The highest BCUT2D eigenvalue weighted by atomic mass is 16.7. The SMILES string of the molecule is CC1(C)CC1(C(=O)ON1C(=O)c2ccccc2C1=O)c1ccccc1. The molecule has 2 aliphatic rings. The van der Waals surface area contributed by atoms with E-state index in [4.69, 9.17) is 4.84 Å². The average molecular weight is 335 g/mol. The van der Waals surface area contributed by atoms with Crippen LogP contribution in [-0.2, 0) is 15.0 Å². The van der Waals surface area contributed by atoms with Gasteiger partial charge >= 0.3 is 5.97 Å². The summed E-state index contributed by atoms with van der Waals surface area (Å²) in [5, 5.41) is 0.589. The second-order valence-electron chi connectivity index (χ2n) is 7.16. The number of hydrogen-bond acceptors (Lipinski definition) is 4. The Morgan fingerprint density at radius 1 is 0.920 bits per heavy atom. The van der Waals surface area contributed by atoms with E-state index in [-0.39, 0.29) is 16.5 Å². The van der Waals surface area contributed by atoms with Crippen LogP contribution in [0, 0.1) is 5.41 Å². The number of hydrogen-bond donors (Lipinski definition) is 0. The Balaban J connectivity index is 1.65. The maximum absolute atomic E-state index is 13.0. The van der Waals surface area contributed by atoms with Crippen LogP contribution in [0.1, 0.15) is 46.5 Å². The highest BCUT2D eigenvalue weighted by Gasteiger charge is 2.69. The fraction of sp³-hybridized carbons (Fsp3) is 0.250. The van der Waals surface area contributed by atoms with E-state index in [2.05, 4.69) is 0 Å². The third kappa shape index (κ3) is 2.05. The normalized spacial score (nSPS) is 23.4. The van der Waals surface area contributed by atoms with E-state index < -0.39 is 23.2 Å². The van der Waals surface area contributed by atoms with Crippen LogP contribution < -0.4 is 0 Å². The van der Waals surface area contributed by atoms with Crippen molar-refractivity contribution in [1.82, 2.24) is 5.06 Å². The van der Waals surface area contributed by atoms with Crippen LogP contribution in [-0.4, -0.2) is 22.8 Å². The first-order valence-corrected chi connectivity index (χ1v) is 8.14. The number of imide groups is 1. The molecule has 0 spiro atoms. The van der Waals surface area contributed by atoms with Crippen molar-refractivity contribution in [2.24, 2.45) is 5.41 Å². The number of amides is 2. The molecule has 0 radical (unpaired) electrons. The van der Waals surface area contributed by atoms with Crippen molar-refractivity contribution in [2.45, 2.75) is 25.7 Å².